The Labute approximate surface area is 258 Å². The fourth-order valence-electron chi connectivity index (χ4n) is 7.14. The van der Waals surface area contributed by atoms with Crippen LogP contribution in [-0.2, 0) is 0 Å². The van der Waals surface area contributed by atoms with Crippen molar-refractivity contribution in [2.45, 2.75) is 0 Å². The molecule has 0 radical (unpaired) electrons. The quantitative estimate of drug-likeness (QED) is 0.201. The third kappa shape index (κ3) is 3.87. The predicted octanol–water partition coefficient (Wildman–Crippen LogP) is 8.99. The molecule has 0 atom stereocenters. The lowest BCUT2D eigenvalue weighted by molar-refractivity contribution is 1.33. The first kappa shape index (κ1) is 24.9. The summed E-state index contributed by atoms with van der Waals surface area (Å²) in [5, 5.41) is 0. The summed E-state index contributed by atoms with van der Waals surface area (Å²) in [6, 6.07) is 55.5. The van der Waals surface area contributed by atoms with Crippen molar-refractivity contribution < 1.29 is 0 Å². The fraction of sp³-hybridized carbons (Fsp3) is 0. The van der Waals surface area contributed by atoms with Gasteiger partial charge in [-0.25, -0.2) is 0 Å². The van der Waals surface area contributed by atoms with E-state index in [1.165, 1.54) is 77.9 Å². The van der Waals surface area contributed by atoms with Crippen molar-refractivity contribution in [2.75, 3.05) is 4.81 Å². The highest BCUT2D eigenvalue weighted by Crippen LogP contribution is 2.48. The molecule has 3 heterocycles. The van der Waals surface area contributed by atoms with E-state index in [9.17, 15) is 0 Å². The van der Waals surface area contributed by atoms with Crippen LogP contribution >= 0.6 is 0 Å². The molecule has 7 aromatic rings. The molecule has 0 spiro atoms. The minimum absolute atomic E-state index is 0.0492. The molecular formula is C41H27BN2. The van der Waals surface area contributed by atoms with Crippen LogP contribution in [0.1, 0.15) is 0 Å². The Balaban J connectivity index is 1.32. The van der Waals surface area contributed by atoms with Gasteiger partial charge in [0.25, 0.3) is 0 Å². The molecule has 0 fully saturated rings. The smallest absolute Gasteiger partial charge is 0.329 e. The van der Waals surface area contributed by atoms with Gasteiger partial charge in [0.05, 0.1) is 0 Å². The topological polar surface area (TPSA) is 16.1 Å². The summed E-state index contributed by atoms with van der Waals surface area (Å²) in [5.41, 5.74) is 17.5. The summed E-state index contributed by atoms with van der Waals surface area (Å²) in [7, 11) is 0. The molecule has 3 heteroatoms. The van der Waals surface area contributed by atoms with E-state index in [2.05, 4.69) is 161 Å². The van der Waals surface area contributed by atoms with Crippen molar-refractivity contribution in [1.82, 2.24) is 4.98 Å². The lowest BCUT2D eigenvalue weighted by atomic mass is 9.43. The summed E-state index contributed by atoms with van der Waals surface area (Å²) in [6.07, 6.45) is 3.75. The summed E-state index contributed by atoms with van der Waals surface area (Å²) in [5.74, 6) is 0. The van der Waals surface area contributed by atoms with Gasteiger partial charge in [0, 0.05) is 34.9 Å². The molecule has 0 saturated heterocycles. The monoisotopic (exact) mass is 558 g/mol. The Morgan fingerprint density at radius 3 is 1.50 bits per heavy atom. The van der Waals surface area contributed by atoms with Crippen molar-refractivity contribution in [3.8, 4) is 55.6 Å². The van der Waals surface area contributed by atoms with Crippen LogP contribution < -0.4 is 15.7 Å². The second-order valence-electron chi connectivity index (χ2n) is 11.6. The Morgan fingerprint density at radius 2 is 0.864 bits per heavy atom. The molecule has 2 nitrogen and oxygen atoms in total. The average Bonchev–Trinajstić information content (AvgIpc) is 3.12. The summed E-state index contributed by atoms with van der Waals surface area (Å²) in [6.45, 7) is 0.0492. The maximum atomic E-state index is 4.27. The van der Waals surface area contributed by atoms with Crippen LogP contribution in [-0.4, -0.2) is 11.8 Å². The largest absolute Gasteiger partial charge is 0.376 e. The summed E-state index contributed by atoms with van der Waals surface area (Å²) in [4.78, 5) is 6.85. The number of pyridine rings is 1. The maximum Gasteiger partial charge on any atom is 0.329 e. The third-order valence-corrected chi connectivity index (χ3v) is 9.18. The van der Waals surface area contributed by atoms with Crippen molar-refractivity contribution in [3.63, 3.8) is 0 Å². The molecule has 1 aromatic heterocycles. The van der Waals surface area contributed by atoms with Crippen LogP contribution in [0.25, 0.3) is 55.6 Å². The highest BCUT2D eigenvalue weighted by molar-refractivity contribution is 6.92. The van der Waals surface area contributed by atoms with Crippen LogP contribution in [0.3, 0.4) is 0 Å². The van der Waals surface area contributed by atoms with Crippen molar-refractivity contribution in [2.24, 2.45) is 0 Å². The second kappa shape index (κ2) is 9.96. The van der Waals surface area contributed by atoms with Gasteiger partial charge in [-0.2, -0.15) is 0 Å². The molecule has 0 aliphatic carbocycles. The first-order chi connectivity index (χ1) is 21.8. The Morgan fingerprint density at radius 1 is 0.364 bits per heavy atom. The van der Waals surface area contributed by atoms with E-state index >= 15 is 0 Å². The van der Waals surface area contributed by atoms with Crippen molar-refractivity contribution in [3.05, 3.63) is 164 Å². The number of hydrogen-bond donors (Lipinski definition) is 0. The van der Waals surface area contributed by atoms with E-state index in [0.717, 1.165) is 0 Å². The van der Waals surface area contributed by atoms with Gasteiger partial charge in [0.1, 0.15) is 0 Å². The van der Waals surface area contributed by atoms with Gasteiger partial charge in [-0.05, 0) is 91.8 Å². The summed E-state index contributed by atoms with van der Waals surface area (Å²) < 4.78 is 0. The minimum atomic E-state index is 0.0492. The van der Waals surface area contributed by atoms with Gasteiger partial charge < -0.3 is 4.81 Å². The van der Waals surface area contributed by atoms with Gasteiger partial charge in [-0.1, -0.05) is 115 Å². The average molecular weight is 558 g/mol. The Bertz CT molecular complexity index is 2180. The number of hydrogen-bond acceptors (Lipinski definition) is 2. The first-order valence-electron chi connectivity index (χ1n) is 15.2. The number of aromatic nitrogens is 1. The highest BCUT2D eigenvalue weighted by Gasteiger charge is 2.42. The molecule has 9 rings (SSSR count). The lowest BCUT2D eigenvalue weighted by Gasteiger charge is -2.43. The number of rotatable bonds is 3. The standard InChI is InChI=1S/C41H27BN2/c1-3-9-28(10-4-1)31-16-19-40-36(25-31)34-13-7-8-14-38(34)42-39-27-33(30-21-23-43-24-22-30)15-18-35(39)37-26-32(17-20-41(37)44(40)42)29-11-5-2-6-12-29/h1-27H. The Hall–Kier alpha value is -5.67. The minimum Gasteiger partial charge on any atom is -0.376 e. The van der Waals surface area contributed by atoms with E-state index in [1.54, 1.807) is 0 Å². The third-order valence-electron chi connectivity index (χ3n) is 9.18. The normalized spacial score (nSPS) is 12.5. The zero-order chi connectivity index (χ0) is 29.0. The predicted molar refractivity (Wildman–Crippen MR) is 185 cm³/mol. The van der Waals surface area contributed by atoms with Gasteiger partial charge in [-0.15, -0.1) is 0 Å². The van der Waals surface area contributed by atoms with E-state index in [0.29, 0.717) is 0 Å². The maximum absolute atomic E-state index is 4.27. The highest BCUT2D eigenvalue weighted by atomic mass is 15.1. The lowest BCUT2D eigenvalue weighted by Crippen LogP contribution is -2.59. The van der Waals surface area contributed by atoms with Crippen LogP contribution in [0.2, 0.25) is 0 Å². The molecule has 0 amide bonds. The van der Waals surface area contributed by atoms with Crippen LogP contribution in [0.5, 0.6) is 0 Å². The summed E-state index contributed by atoms with van der Waals surface area (Å²) >= 11 is 0. The molecule has 0 bridgehead atoms. The number of nitrogens with zero attached hydrogens (tertiary/aromatic N) is 2. The van der Waals surface area contributed by atoms with E-state index < -0.39 is 0 Å². The van der Waals surface area contributed by atoms with Crippen LogP contribution in [0.15, 0.2) is 164 Å². The van der Waals surface area contributed by atoms with E-state index in [-0.39, 0.29) is 6.85 Å². The molecule has 2 aliphatic rings. The molecule has 0 unspecified atom stereocenters. The van der Waals surface area contributed by atoms with Crippen molar-refractivity contribution in [1.29, 1.82) is 0 Å². The van der Waals surface area contributed by atoms with Crippen LogP contribution in [0, 0.1) is 0 Å². The molecule has 0 saturated carbocycles. The molecule has 2 aliphatic heterocycles. The first-order valence-corrected chi connectivity index (χ1v) is 15.2. The van der Waals surface area contributed by atoms with Gasteiger partial charge in [0.2, 0.25) is 0 Å². The molecule has 204 valence electrons. The zero-order valence-electron chi connectivity index (χ0n) is 24.1. The van der Waals surface area contributed by atoms with Gasteiger partial charge in [0.15, 0.2) is 0 Å². The molecule has 0 N–H and O–H groups in total. The van der Waals surface area contributed by atoms with E-state index in [1.807, 2.05) is 12.4 Å². The SMILES string of the molecule is c1ccc(-c2ccc3c(c2)-c2ccccc2B2c4cc(-c5ccncc5)ccc4-c4cc(-c5ccccc5)ccc4N23)cc1. The van der Waals surface area contributed by atoms with Crippen molar-refractivity contribution >= 4 is 29.1 Å². The number of benzene rings is 6. The van der Waals surface area contributed by atoms with Crippen LogP contribution in [0.4, 0.5) is 11.4 Å². The van der Waals surface area contributed by atoms with E-state index in [4.69, 9.17) is 0 Å². The number of anilines is 2. The zero-order valence-corrected chi connectivity index (χ0v) is 24.1. The fourth-order valence-corrected chi connectivity index (χ4v) is 7.14. The number of fused-ring (bicyclic) bond motifs is 11. The Kier molecular flexibility index (Phi) is 5.64. The van der Waals surface area contributed by atoms with Gasteiger partial charge in [-0.3, -0.25) is 4.98 Å². The second-order valence-corrected chi connectivity index (χ2v) is 11.6. The molecule has 6 aromatic carbocycles. The molecular weight excluding hydrogens is 531 g/mol. The van der Waals surface area contributed by atoms with Gasteiger partial charge >= 0.3 is 6.85 Å². The molecule has 44 heavy (non-hydrogen) atoms.